The van der Waals surface area contributed by atoms with Gasteiger partial charge in [0, 0.05) is 12.5 Å². The van der Waals surface area contributed by atoms with Crippen LogP contribution in [0.4, 0.5) is 4.39 Å². The van der Waals surface area contributed by atoms with Crippen molar-refractivity contribution in [3.63, 3.8) is 0 Å². The van der Waals surface area contributed by atoms with Crippen LogP contribution in [0.1, 0.15) is 25.7 Å². The number of esters is 1. The molecule has 0 spiro atoms. The molecule has 28 heavy (non-hydrogen) atoms. The first-order valence-electron chi connectivity index (χ1n) is 8.81. The molecule has 2 aromatic carbocycles. The van der Waals surface area contributed by atoms with Crippen molar-refractivity contribution < 1.29 is 18.3 Å². The van der Waals surface area contributed by atoms with Crippen LogP contribution >= 0.6 is 17.0 Å². The van der Waals surface area contributed by atoms with E-state index in [1.54, 1.807) is 12.1 Å². The van der Waals surface area contributed by atoms with Gasteiger partial charge in [-0.05, 0) is 49.2 Å². The first kappa shape index (κ1) is 21.8. The summed E-state index contributed by atoms with van der Waals surface area (Å²) in [5.41, 5.74) is 6.41. The van der Waals surface area contributed by atoms with E-state index in [9.17, 15) is 14.0 Å². The number of nitrogens with two attached hydrogens (primary N) is 1. The number of halogens is 2. The maximum Gasteiger partial charge on any atom is 0.311 e. The summed E-state index contributed by atoms with van der Waals surface area (Å²) < 4.78 is 23.9. The smallest absolute Gasteiger partial charge is 0.311 e. The Morgan fingerprint density at radius 1 is 1.07 bits per heavy atom. The minimum absolute atomic E-state index is 0. The molecule has 5 nitrogen and oxygen atoms in total. The zero-order valence-corrected chi connectivity index (χ0v) is 16.9. The second kappa shape index (κ2) is 10.1. The lowest BCUT2D eigenvalue weighted by Gasteiger charge is -2.06. The molecule has 0 aliphatic heterocycles. The van der Waals surface area contributed by atoms with Crippen molar-refractivity contribution in [2.45, 2.75) is 25.7 Å². The van der Waals surface area contributed by atoms with Gasteiger partial charge < -0.3 is 14.9 Å². The predicted octanol–water partition coefficient (Wildman–Crippen LogP) is 4.60. The fourth-order valence-corrected chi connectivity index (χ4v) is 2.77. The lowest BCUT2D eigenvalue weighted by Crippen LogP contribution is -2.09. The normalized spacial score (nSPS) is 10.5. The summed E-state index contributed by atoms with van der Waals surface area (Å²) in [5.74, 6) is -0.390. The Hall–Kier alpha value is -2.51. The third-order valence-corrected chi connectivity index (χ3v) is 4.22. The second-order valence-corrected chi connectivity index (χ2v) is 6.22. The van der Waals surface area contributed by atoms with Crippen LogP contribution in [0.3, 0.4) is 0 Å². The van der Waals surface area contributed by atoms with Gasteiger partial charge in [-0.3, -0.25) is 9.59 Å². The summed E-state index contributed by atoms with van der Waals surface area (Å²) in [7, 11) is 0. The van der Waals surface area contributed by atoms with Crippen LogP contribution in [0.5, 0.6) is 5.75 Å². The van der Waals surface area contributed by atoms with E-state index < -0.39 is 0 Å². The number of unbranched alkanes of at least 4 members (excludes halogenated alkanes) is 2. The van der Waals surface area contributed by atoms with Crippen LogP contribution in [0, 0.1) is 5.82 Å². The zero-order chi connectivity index (χ0) is 19.2. The topological polar surface area (TPSA) is 82.5 Å². The van der Waals surface area contributed by atoms with Crippen molar-refractivity contribution in [2.75, 3.05) is 6.54 Å². The number of rotatable bonds is 7. The summed E-state index contributed by atoms with van der Waals surface area (Å²) in [4.78, 5) is 24.5. The minimum atomic E-state index is -0.376. The van der Waals surface area contributed by atoms with Crippen molar-refractivity contribution >= 4 is 33.9 Å². The molecule has 0 saturated heterocycles. The second-order valence-electron chi connectivity index (χ2n) is 6.22. The molecule has 0 bridgehead atoms. The molecule has 3 aromatic rings. The first-order valence-corrected chi connectivity index (χ1v) is 8.81. The third-order valence-electron chi connectivity index (χ3n) is 4.22. The van der Waals surface area contributed by atoms with Crippen molar-refractivity contribution in [2.24, 2.45) is 5.73 Å². The van der Waals surface area contributed by atoms with Gasteiger partial charge >= 0.3 is 5.97 Å². The average molecular weight is 450 g/mol. The van der Waals surface area contributed by atoms with Crippen molar-refractivity contribution in [3.8, 4) is 16.9 Å². The van der Waals surface area contributed by atoms with E-state index in [1.807, 2.05) is 0 Å². The number of carbonyl (C=O) groups is 1. The van der Waals surface area contributed by atoms with Gasteiger partial charge in [0.25, 0.3) is 0 Å². The van der Waals surface area contributed by atoms with Crippen LogP contribution in [0.15, 0.2) is 57.9 Å². The van der Waals surface area contributed by atoms with E-state index in [1.165, 1.54) is 36.6 Å². The van der Waals surface area contributed by atoms with E-state index in [2.05, 4.69) is 0 Å². The van der Waals surface area contributed by atoms with E-state index in [-0.39, 0.29) is 34.2 Å². The van der Waals surface area contributed by atoms with Gasteiger partial charge in [-0.1, -0.05) is 18.6 Å². The molecule has 0 atom stereocenters. The highest BCUT2D eigenvalue weighted by Crippen LogP contribution is 2.23. The fourth-order valence-electron chi connectivity index (χ4n) is 2.77. The Balaban J connectivity index is 0.00000280. The Labute approximate surface area is 172 Å². The average Bonchev–Trinajstić information content (AvgIpc) is 2.66. The quantitative estimate of drug-likeness (QED) is 0.323. The van der Waals surface area contributed by atoms with Gasteiger partial charge in [0.15, 0.2) is 5.43 Å². The summed E-state index contributed by atoms with van der Waals surface area (Å²) >= 11 is 0. The zero-order valence-electron chi connectivity index (χ0n) is 15.2. The maximum atomic E-state index is 13.1. The third kappa shape index (κ3) is 5.27. The van der Waals surface area contributed by atoms with E-state index >= 15 is 0 Å². The SMILES string of the molecule is Br.NCCCCCC(=O)Oc1ccc2c(=O)c(-c3ccc(F)cc3)coc2c1. The van der Waals surface area contributed by atoms with Gasteiger partial charge in [-0.2, -0.15) is 0 Å². The van der Waals surface area contributed by atoms with Crippen LogP contribution in [-0.2, 0) is 4.79 Å². The van der Waals surface area contributed by atoms with E-state index in [0.29, 0.717) is 40.8 Å². The molecule has 0 aliphatic rings. The fraction of sp³-hybridized carbons (Fsp3) is 0.238. The van der Waals surface area contributed by atoms with E-state index in [4.69, 9.17) is 14.9 Å². The highest BCUT2D eigenvalue weighted by Gasteiger charge is 2.12. The number of hydrogen-bond donors (Lipinski definition) is 1. The lowest BCUT2D eigenvalue weighted by atomic mass is 10.1. The van der Waals surface area contributed by atoms with Crippen LogP contribution < -0.4 is 15.9 Å². The monoisotopic (exact) mass is 449 g/mol. The molecular formula is C21H21BrFNO4. The Morgan fingerprint density at radius 2 is 1.82 bits per heavy atom. The molecule has 2 N–H and O–H groups in total. The highest BCUT2D eigenvalue weighted by atomic mass is 79.9. The molecule has 0 saturated carbocycles. The highest BCUT2D eigenvalue weighted by molar-refractivity contribution is 8.93. The van der Waals surface area contributed by atoms with Gasteiger partial charge in [0.1, 0.15) is 23.4 Å². The summed E-state index contributed by atoms with van der Waals surface area (Å²) in [6, 6.07) is 10.3. The molecule has 0 unspecified atom stereocenters. The molecule has 0 radical (unpaired) electrons. The van der Waals surface area contributed by atoms with Crippen molar-refractivity contribution in [3.05, 3.63) is 64.8 Å². The molecule has 1 aromatic heterocycles. The number of hydrogen-bond acceptors (Lipinski definition) is 5. The van der Waals surface area contributed by atoms with Gasteiger partial charge in [-0.25, -0.2) is 4.39 Å². The van der Waals surface area contributed by atoms with Crippen molar-refractivity contribution in [1.82, 2.24) is 0 Å². The standard InChI is InChI=1S/C21H20FNO4.BrH/c22-15-7-5-14(6-8-15)18-13-26-19-12-16(9-10-17(19)21(18)25)27-20(24)4-2-1-3-11-23;/h5-10,12-13H,1-4,11,23H2;1H. The van der Waals surface area contributed by atoms with Gasteiger partial charge in [-0.15, -0.1) is 17.0 Å². The molecule has 3 rings (SSSR count). The largest absolute Gasteiger partial charge is 0.463 e. The number of fused-ring (bicyclic) bond motifs is 1. The molecule has 0 amide bonds. The molecule has 0 fully saturated rings. The maximum absolute atomic E-state index is 13.1. The summed E-state index contributed by atoms with van der Waals surface area (Å²) in [5, 5.41) is 0.361. The molecular weight excluding hydrogens is 429 g/mol. The summed E-state index contributed by atoms with van der Waals surface area (Å²) in [6.07, 6.45) is 4.12. The van der Waals surface area contributed by atoms with Crippen LogP contribution in [0.2, 0.25) is 0 Å². The summed E-state index contributed by atoms with van der Waals surface area (Å²) in [6.45, 7) is 0.610. The lowest BCUT2D eigenvalue weighted by molar-refractivity contribution is -0.134. The predicted molar refractivity (Wildman–Crippen MR) is 111 cm³/mol. The van der Waals surface area contributed by atoms with Crippen LogP contribution in [0.25, 0.3) is 22.1 Å². The molecule has 1 heterocycles. The number of benzene rings is 2. The molecule has 7 heteroatoms. The van der Waals surface area contributed by atoms with Crippen LogP contribution in [-0.4, -0.2) is 12.5 Å². The Bertz CT molecular complexity index is 1000. The van der Waals surface area contributed by atoms with E-state index in [0.717, 1.165) is 19.3 Å². The first-order chi connectivity index (χ1) is 13.1. The van der Waals surface area contributed by atoms with Gasteiger partial charge in [0.2, 0.25) is 0 Å². The Kier molecular flexibility index (Phi) is 7.90. The number of ether oxygens (including phenoxy) is 1. The van der Waals surface area contributed by atoms with Crippen molar-refractivity contribution in [1.29, 1.82) is 0 Å². The molecule has 148 valence electrons. The minimum Gasteiger partial charge on any atom is -0.463 e. The molecule has 0 aliphatic carbocycles. The Morgan fingerprint density at radius 3 is 2.54 bits per heavy atom. The number of carbonyl (C=O) groups excluding carboxylic acids is 1. The van der Waals surface area contributed by atoms with Gasteiger partial charge in [0.05, 0.1) is 10.9 Å².